The van der Waals surface area contributed by atoms with Crippen LogP contribution in [0.4, 0.5) is 0 Å². The van der Waals surface area contributed by atoms with Gasteiger partial charge in [-0.2, -0.15) is 0 Å². The Morgan fingerprint density at radius 1 is 1.19 bits per heavy atom. The Labute approximate surface area is 107 Å². The summed E-state index contributed by atoms with van der Waals surface area (Å²) in [7, 11) is 0. The molecular formula is C13H11BrOS. The number of rotatable bonds is 2. The third-order valence-corrected chi connectivity index (χ3v) is 3.99. The van der Waals surface area contributed by atoms with Crippen LogP contribution in [0, 0.1) is 13.8 Å². The number of carbonyl (C=O) groups is 1. The molecule has 0 unspecified atom stereocenters. The maximum Gasteiger partial charge on any atom is 0.204 e. The van der Waals surface area contributed by atoms with E-state index in [1.807, 2.05) is 44.2 Å². The molecule has 0 bridgehead atoms. The maximum atomic E-state index is 12.2. The lowest BCUT2D eigenvalue weighted by atomic mass is 10.1. The summed E-state index contributed by atoms with van der Waals surface area (Å²) in [6.45, 7) is 4.01. The number of benzene rings is 1. The molecule has 0 atom stereocenters. The summed E-state index contributed by atoms with van der Waals surface area (Å²) in [6.07, 6.45) is 0. The average Bonchev–Trinajstić information content (AvgIpc) is 2.64. The number of carbonyl (C=O) groups excluding carboxylic acids is 1. The SMILES string of the molecule is Cc1ccc(C(=O)c2ccc(C)s2)c(Br)c1. The van der Waals surface area contributed by atoms with Crippen molar-refractivity contribution >= 4 is 33.0 Å². The van der Waals surface area contributed by atoms with Crippen LogP contribution in [0.15, 0.2) is 34.8 Å². The first-order valence-electron chi connectivity index (χ1n) is 4.95. The molecule has 1 aromatic carbocycles. The van der Waals surface area contributed by atoms with E-state index in [4.69, 9.17) is 0 Å². The van der Waals surface area contributed by atoms with Crippen molar-refractivity contribution in [2.75, 3.05) is 0 Å². The minimum atomic E-state index is 0.0879. The average molecular weight is 295 g/mol. The normalized spacial score (nSPS) is 10.4. The predicted molar refractivity (Wildman–Crippen MR) is 71.4 cm³/mol. The van der Waals surface area contributed by atoms with Crippen molar-refractivity contribution in [3.63, 3.8) is 0 Å². The molecule has 0 aliphatic carbocycles. The van der Waals surface area contributed by atoms with E-state index in [2.05, 4.69) is 15.9 Å². The summed E-state index contributed by atoms with van der Waals surface area (Å²) in [5.74, 6) is 0.0879. The molecule has 0 radical (unpaired) electrons. The molecule has 2 aromatic rings. The molecule has 0 aliphatic heterocycles. The Balaban J connectivity index is 2.41. The zero-order valence-corrected chi connectivity index (χ0v) is 11.5. The largest absolute Gasteiger partial charge is 0.288 e. The highest BCUT2D eigenvalue weighted by molar-refractivity contribution is 9.10. The highest BCUT2D eigenvalue weighted by Crippen LogP contribution is 2.24. The van der Waals surface area contributed by atoms with Crippen LogP contribution in [0.25, 0.3) is 0 Å². The second-order valence-corrected chi connectivity index (χ2v) is 5.86. The van der Waals surface area contributed by atoms with Gasteiger partial charge in [-0.15, -0.1) is 11.3 Å². The highest BCUT2D eigenvalue weighted by atomic mass is 79.9. The molecule has 0 aliphatic rings. The van der Waals surface area contributed by atoms with E-state index < -0.39 is 0 Å². The smallest absolute Gasteiger partial charge is 0.204 e. The van der Waals surface area contributed by atoms with Gasteiger partial charge in [-0.1, -0.05) is 22.0 Å². The molecule has 0 spiro atoms. The van der Waals surface area contributed by atoms with Gasteiger partial charge in [-0.25, -0.2) is 0 Å². The van der Waals surface area contributed by atoms with Crippen molar-refractivity contribution in [3.8, 4) is 0 Å². The zero-order valence-electron chi connectivity index (χ0n) is 9.08. The minimum absolute atomic E-state index is 0.0879. The summed E-state index contributed by atoms with van der Waals surface area (Å²) in [6, 6.07) is 9.65. The van der Waals surface area contributed by atoms with Crippen molar-refractivity contribution in [1.82, 2.24) is 0 Å². The van der Waals surface area contributed by atoms with Crippen LogP contribution in [0.3, 0.4) is 0 Å². The van der Waals surface area contributed by atoms with E-state index in [0.29, 0.717) is 0 Å². The second-order valence-electron chi connectivity index (χ2n) is 3.72. The van der Waals surface area contributed by atoms with Gasteiger partial charge in [-0.3, -0.25) is 4.79 Å². The van der Waals surface area contributed by atoms with Gasteiger partial charge < -0.3 is 0 Å². The summed E-state index contributed by atoms with van der Waals surface area (Å²) < 4.78 is 0.864. The fourth-order valence-electron chi connectivity index (χ4n) is 1.49. The number of halogens is 1. The molecule has 0 fully saturated rings. The van der Waals surface area contributed by atoms with Crippen LogP contribution in [-0.4, -0.2) is 5.78 Å². The molecule has 2 rings (SSSR count). The number of hydrogen-bond acceptors (Lipinski definition) is 2. The van der Waals surface area contributed by atoms with E-state index in [1.165, 1.54) is 11.3 Å². The molecule has 3 heteroatoms. The molecule has 16 heavy (non-hydrogen) atoms. The van der Waals surface area contributed by atoms with Crippen LogP contribution in [0.2, 0.25) is 0 Å². The maximum absolute atomic E-state index is 12.2. The molecule has 82 valence electrons. The number of aryl methyl sites for hydroxylation is 2. The van der Waals surface area contributed by atoms with E-state index in [0.717, 1.165) is 25.4 Å². The van der Waals surface area contributed by atoms with Gasteiger partial charge >= 0.3 is 0 Å². The van der Waals surface area contributed by atoms with Crippen LogP contribution in [0.5, 0.6) is 0 Å². The summed E-state index contributed by atoms with van der Waals surface area (Å²) in [5, 5.41) is 0. The van der Waals surface area contributed by atoms with Gasteiger partial charge in [0.25, 0.3) is 0 Å². The lowest BCUT2D eigenvalue weighted by Gasteiger charge is -2.02. The number of hydrogen-bond donors (Lipinski definition) is 0. The van der Waals surface area contributed by atoms with E-state index >= 15 is 0 Å². The van der Waals surface area contributed by atoms with Gasteiger partial charge in [0.1, 0.15) is 0 Å². The van der Waals surface area contributed by atoms with Crippen LogP contribution < -0.4 is 0 Å². The van der Waals surface area contributed by atoms with E-state index in [1.54, 1.807) is 0 Å². The first-order valence-corrected chi connectivity index (χ1v) is 6.56. The minimum Gasteiger partial charge on any atom is -0.288 e. The summed E-state index contributed by atoms with van der Waals surface area (Å²) in [4.78, 5) is 14.1. The molecule has 0 amide bonds. The van der Waals surface area contributed by atoms with Crippen molar-refractivity contribution in [2.45, 2.75) is 13.8 Å². The molecule has 1 aromatic heterocycles. The van der Waals surface area contributed by atoms with Gasteiger partial charge in [0.05, 0.1) is 4.88 Å². The van der Waals surface area contributed by atoms with Crippen LogP contribution in [0.1, 0.15) is 25.7 Å². The highest BCUT2D eigenvalue weighted by Gasteiger charge is 2.13. The molecule has 1 heterocycles. The Kier molecular flexibility index (Phi) is 3.26. The topological polar surface area (TPSA) is 17.1 Å². The first kappa shape index (κ1) is 11.6. The van der Waals surface area contributed by atoms with E-state index in [-0.39, 0.29) is 5.78 Å². The Morgan fingerprint density at radius 2 is 1.94 bits per heavy atom. The lowest BCUT2D eigenvalue weighted by molar-refractivity contribution is 0.104. The number of thiophene rings is 1. The Hall–Kier alpha value is -0.930. The summed E-state index contributed by atoms with van der Waals surface area (Å²) >= 11 is 4.97. The van der Waals surface area contributed by atoms with Gasteiger partial charge in [0, 0.05) is 14.9 Å². The van der Waals surface area contributed by atoms with Crippen LogP contribution >= 0.6 is 27.3 Å². The third-order valence-electron chi connectivity index (χ3n) is 2.33. The van der Waals surface area contributed by atoms with Gasteiger partial charge in [-0.05, 0) is 43.7 Å². The van der Waals surface area contributed by atoms with Gasteiger partial charge in [0.2, 0.25) is 5.78 Å². The standard InChI is InChI=1S/C13H11BrOS/c1-8-3-5-10(11(14)7-8)13(15)12-6-4-9(2)16-12/h3-7H,1-2H3. The monoisotopic (exact) mass is 294 g/mol. The molecule has 1 nitrogen and oxygen atoms in total. The van der Waals surface area contributed by atoms with Crippen molar-refractivity contribution in [3.05, 3.63) is 55.7 Å². The molecule has 0 saturated carbocycles. The number of ketones is 1. The predicted octanol–water partition coefficient (Wildman–Crippen LogP) is 4.36. The van der Waals surface area contributed by atoms with Crippen molar-refractivity contribution in [2.24, 2.45) is 0 Å². The zero-order chi connectivity index (χ0) is 11.7. The van der Waals surface area contributed by atoms with Crippen molar-refractivity contribution in [1.29, 1.82) is 0 Å². The Bertz CT molecular complexity index is 543. The van der Waals surface area contributed by atoms with E-state index in [9.17, 15) is 4.79 Å². The Morgan fingerprint density at radius 3 is 2.50 bits per heavy atom. The van der Waals surface area contributed by atoms with Crippen LogP contribution in [-0.2, 0) is 0 Å². The first-order chi connectivity index (χ1) is 7.58. The summed E-state index contributed by atoms with van der Waals surface area (Å²) in [5.41, 5.74) is 1.87. The molecule has 0 saturated heterocycles. The third kappa shape index (κ3) is 2.25. The molecular weight excluding hydrogens is 284 g/mol. The molecule has 0 N–H and O–H groups in total. The fraction of sp³-hybridized carbons (Fsp3) is 0.154. The quantitative estimate of drug-likeness (QED) is 0.752. The fourth-order valence-corrected chi connectivity index (χ4v) is 2.99. The van der Waals surface area contributed by atoms with Crippen molar-refractivity contribution < 1.29 is 4.79 Å². The van der Waals surface area contributed by atoms with Gasteiger partial charge in [0.15, 0.2) is 0 Å². The lowest BCUT2D eigenvalue weighted by Crippen LogP contribution is -1.99. The second kappa shape index (κ2) is 4.52.